The van der Waals surface area contributed by atoms with E-state index in [-0.39, 0.29) is 5.78 Å². The molecule has 0 spiro atoms. The number of rotatable bonds is 6. The van der Waals surface area contributed by atoms with Gasteiger partial charge in [0.2, 0.25) is 0 Å². The van der Waals surface area contributed by atoms with Gasteiger partial charge in [-0.15, -0.1) is 0 Å². The van der Waals surface area contributed by atoms with Gasteiger partial charge in [0.25, 0.3) is 0 Å². The lowest BCUT2D eigenvalue weighted by molar-refractivity contribution is 0.101. The van der Waals surface area contributed by atoms with Gasteiger partial charge in [0.05, 0.1) is 11.6 Å². The number of hydrogen-bond acceptors (Lipinski definition) is 2. The third-order valence-electron chi connectivity index (χ3n) is 2.34. The number of hydrogen-bond donors (Lipinski definition) is 0. The highest BCUT2D eigenvalue weighted by Crippen LogP contribution is 2.23. The van der Waals surface area contributed by atoms with Crippen LogP contribution in [-0.2, 0) is 0 Å². The molecule has 0 radical (unpaired) electrons. The van der Waals surface area contributed by atoms with Crippen LogP contribution in [-0.4, -0.2) is 12.4 Å². The van der Waals surface area contributed by atoms with Crippen LogP contribution < -0.4 is 4.74 Å². The van der Waals surface area contributed by atoms with Gasteiger partial charge in [0.15, 0.2) is 5.78 Å². The molecular weight excluding hydrogens is 224 g/mol. The summed E-state index contributed by atoms with van der Waals surface area (Å²) < 4.78 is 5.53. The molecule has 0 amide bonds. The summed E-state index contributed by atoms with van der Waals surface area (Å²) in [6, 6.07) is 5.19. The Hall–Kier alpha value is -1.02. The van der Waals surface area contributed by atoms with Gasteiger partial charge in [-0.1, -0.05) is 31.4 Å². The monoisotopic (exact) mass is 240 g/mol. The van der Waals surface area contributed by atoms with Crippen molar-refractivity contribution in [1.82, 2.24) is 0 Å². The normalized spacial score (nSPS) is 10.2. The fraction of sp³-hybridized carbons (Fsp3) is 0.462. The van der Waals surface area contributed by atoms with E-state index in [1.807, 2.05) is 0 Å². The molecule has 1 aromatic carbocycles. The van der Waals surface area contributed by atoms with Gasteiger partial charge in [0.1, 0.15) is 5.75 Å². The van der Waals surface area contributed by atoms with Gasteiger partial charge < -0.3 is 4.74 Å². The Bertz CT molecular complexity index is 361. The minimum atomic E-state index is -0.0254. The molecular formula is C13H17ClO2. The molecule has 0 heterocycles. The van der Waals surface area contributed by atoms with E-state index in [9.17, 15) is 4.79 Å². The summed E-state index contributed by atoms with van der Waals surface area (Å²) in [5.74, 6) is 0.702. The number of unbranched alkanes of at least 4 members (excludes halogenated alkanes) is 2. The van der Waals surface area contributed by atoms with Gasteiger partial charge in [-0.25, -0.2) is 0 Å². The minimum Gasteiger partial charge on any atom is -0.494 e. The zero-order valence-electron chi connectivity index (χ0n) is 9.75. The summed E-state index contributed by atoms with van der Waals surface area (Å²) in [4.78, 5) is 11.2. The quantitative estimate of drug-likeness (QED) is 0.553. The van der Waals surface area contributed by atoms with Crippen LogP contribution in [0.25, 0.3) is 0 Å². The Morgan fingerprint density at radius 2 is 2.12 bits per heavy atom. The summed E-state index contributed by atoms with van der Waals surface area (Å²) in [7, 11) is 0. The lowest BCUT2D eigenvalue weighted by Crippen LogP contribution is -1.98. The van der Waals surface area contributed by atoms with E-state index in [1.54, 1.807) is 18.2 Å². The van der Waals surface area contributed by atoms with Gasteiger partial charge in [-0.05, 0) is 31.5 Å². The number of ether oxygens (including phenoxy) is 1. The maximum absolute atomic E-state index is 11.2. The van der Waals surface area contributed by atoms with E-state index < -0.39 is 0 Å². The molecule has 0 saturated heterocycles. The van der Waals surface area contributed by atoms with Crippen molar-refractivity contribution in [2.75, 3.05) is 6.61 Å². The number of carbonyl (C=O) groups is 1. The number of halogens is 1. The van der Waals surface area contributed by atoms with E-state index in [1.165, 1.54) is 19.8 Å². The van der Waals surface area contributed by atoms with Crippen LogP contribution in [0.3, 0.4) is 0 Å². The van der Waals surface area contributed by atoms with Gasteiger partial charge in [0, 0.05) is 5.56 Å². The lowest BCUT2D eigenvalue weighted by atomic mass is 10.1. The average Bonchev–Trinajstić information content (AvgIpc) is 2.24. The SMILES string of the molecule is CCCCCOc1ccc(C(C)=O)c(Cl)c1. The van der Waals surface area contributed by atoms with Crippen LogP contribution in [0.1, 0.15) is 43.5 Å². The first-order valence-electron chi connectivity index (χ1n) is 5.58. The van der Waals surface area contributed by atoms with Crippen LogP contribution in [0.5, 0.6) is 5.75 Å². The molecule has 0 bridgehead atoms. The maximum Gasteiger partial charge on any atom is 0.161 e. The predicted molar refractivity (Wildman–Crippen MR) is 66.5 cm³/mol. The molecule has 1 aromatic rings. The fourth-order valence-electron chi connectivity index (χ4n) is 1.41. The molecule has 0 saturated carbocycles. The predicted octanol–water partition coefficient (Wildman–Crippen LogP) is 4.11. The third-order valence-corrected chi connectivity index (χ3v) is 2.65. The second kappa shape index (κ2) is 6.54. The standard InChI is InChI=1S/C13H17ClO2/c1-3-4-5-8-16-11-6-7-12(10(2)15)13(14)9-11/h6-7,9H,3-5,8H2,1-2H3. The van der Waals surface area contributed by atoms with Crippen molar-refractivity contribution in [1.29, 1.82) is 0 Å². The van der Waals surface area contributed by atoms with Crippen molar-refractivity contribution < 1.29 is 9.53 Å². The Kier molecular flexibility index (Phi) is 5.33. The molecule has 0 aliphatic heterocycles. The second-order valence-corrected chi connectivity index (χ2v) is 4.16. The van der Waals surface area contributed by atoms with Gasteiger partial charge >= 0.3 is 0 Å². The second-order valence-electron chi connectivity index (χ2n) is 3.75. The molecule has 88 valence electrons. The largest absolute Gasteiger partial charge is 0.494 e. The van der Waals surface area contributed by atoms with Crippen molar-refractivity contribution in [2.45, 2.75) is 33.1 Å². The topological polar surface area (TPSA) is 26.3 Å². The smallest absolute Gasteiger partial charge is 0.161 e. The Balaban J connectivity index is 2.56. The van der Waals surface area contributed by atoms with Crippen LogP contribution >= 0.6 is 11.6 Å². The number of carbonyl (C=O) groups excluding carboxylic acids is 1. The van der Waals surface area contributed by atoms with E-state index >= 15 is 0 Å². The molecule has 0 aromatic heterocycles. The minimum absolute atomic E-state index is 0.0254. The van der Waals surface area contributed by atoms with Crippen molar-refractivity contribution in [3.8, 4) is 5.75 Å². The molecule has 0 unspecified atom stereocenters. The average molecular weight is 241 g/mol. The molecule has 1 rings (SSSR count). The summed E-state index contributed by atoms with van der Waals surface area (Å²) in [6.07, 6.45) is 3.38. The molecule has 3 heteroatoms. The van der Waals surface area contributed by atoms with E-state index in [0.717, 1.165) is 12.2 Å². The zero-order valence-corrected chi connectivity index (χ0v) is 10.5. The molecule has 16 heavy (non-hydrogen) atoms. The van der Waals surface area contributed by atoms with Crippen molar-refractivity contribution in [3.63, 3.8) is 0 Å². The third kappa shape index (κ3) is 3.86. The molecule has 0 aliphatic rings. The molecule has 0 N–H and O–H groups in total. The Morgan fingerprint density at radius 3 is 2.69 bits per heavy atom. The van der Waals surface area contributed by atoms with Crippen molar-refractivity contribution >= 4 is 17.4 Å². The zero-order chi connectivity index (χ0) is 12.0. The van der Waals surface area contributed by atoms with Crippen LogP contribution in [0.2, 0.25) is 5.02 Å². The first-order chi connectivity index (χ1) is 7.65. The number of benzene rings is 1. The Morgan fingerprint density at radius 1 is 1.38 bits per heavy atom. The first-order valence-corrected chi connectivity index (χ1v) is 5.96. The van der Waals surface area contributed by atoms with E-state index in [4.69, 9.17) is 16.3 Å². The molecule has 0 fully saturated rings. The highest BCUT2D eigenvalue weighted by Gasteiger charge is 2.06. The van der Waals surface area contributed by atoms with Crippen LogP contribution in [0.15, 0.2) is 18.2 Å². The summed E-state index contributed by atoms with van der Waals surface area (Å²) in [6.45, 7) is 4.35. The highest BCUT2D eigenvalue weighted by atomic mass is 35.5. The summed E-state index contributed by atoms with van der Waals surface area (Å²) in [5.41, 5.74) is 0.544. The van der Waals surface area contributed by atoms with Gasteiger partial charge in [-0.2, -0.15) is 0 Å². The van der Waals surface area contributed by atoms with Crippen LogP contribution in [0.4, 0.5) is 0 Å². The molecule has 2 nitrogen and oxygen atoms in total. The van der Waals surface area contributed by atoms with E-state index in [2.05, 4.69) is 6.92 Å². The number of Topliss-reactive ketones (excluding diaryl/α,β-unsaturated/α-hetero) is 1. The molecule has 0 aliphatic carbocycles. The highest BCUT2D eigenvalue weighted by molar-refractivity contribution is 6.34. The van der Waals surface area contributed by atoms with Crippen molar-refractivity contribution in [2.24, 2.45) is 0 Å². The summed E-state index contributed by atoms with van der Waals surface area (Å²) in [5, 5.41) is 0.459. The van der Waals surface area contributed by atoms with E-state index in [0.29, 0.717) is 17.2 Å². The Labute approximate surface area is 102 Å². The van der Waals surface area contributed by atoms with Crippen LogP contribution in [0, 0.1) is 0 Å². The lowest BCUT2D eigenvalue weighted by Gasteiger charge is -2.07. The maximum atomic E-state index is 11.2. The number of ketones is 1. The first kappa shape index (κ1) is 13.0. The van der Waals surface area contributed by atoms with Crippen molar-refractivity contribution in [3.05, 3.63) is 28.8 Å². The van der Waals surface area contributed by atoms with Gasteiger partial charge in [-0.3, -0.25) is 4.79 Å². The molecule has 0 atom stereocenters. The fourth-order valence-corrected chi connectivity index (χ4v) is 1.72. The summed E-state index contributed by atoms with van der Waals surface area (Å²) >= 11 is 5.96.